The predicted molar refractivity (Wildman–Crippen MR) is 165 cm³/mol. The first-order valence-corrected chi connectivity index (χ1v) is 14.1. The van der Waals surface area contributed by atoms with Crippen molar-refractivity contribution in [2.75, 3.05) is 34.3 Å². The lowest BCUT2D eigenvalue weighted by Crippen LogP contribution is -2.44. The molecule has 3 aromatic rings. The molecule has 41 heavy (non-hydrogen) atoms. The van der Waals surface area contributed by atoms with E-state index in [1.165, 1.54) is 0 Å². The molecule has 6 atom stereocenters. The number of aliphatic hydroxyl groups is 3. The van der Waals surface area contributed by atoms with Gasteiger partial charge in [-0.1, -0.05) is 14.9 Å². The molecular weight excluding hydrogens is 522 g/mol. The minimum Gasteiger partial charge on any atom is -0.391 e. The van der Waals surface area contributed by atoms with Crippen LogP contribution in [0.2, 0.25) is 0 Å². The third kappa shape index (κ3) is 9.47. The number of aliphatic hydroxyl groups excluding tert-OH is 3. The van der Waals surface area contributed by atoms with E-state index in [-0.39, 0.29) is 33.2 Å². The third-order valence-electron chi connectivity index (χ3n) is 7.96. The molecular formula is C29H53N9O3. The molecule has 0 bridgehead atoms. The van der Waals surface area contributed by atoms with Crippen LogP contribution in [0.15, 0.2) is 36.8 Å². The molecule has 0 aromatic carbocycles. The van der Waals surface area contributed by atoms with Crippen LogP contribution >= 0.6 is 0 Å². The van der Waals surface area contributed by atoms with E-state index in [0.717, 1.165) is 56.0 Å². The lowest BCUT2D eigenvalue weighted by atomic mass is 10.0. The van der Waals surface area contributed by atoms with Gasteiger partial charge < -0.3 is 30.0 Å². The van der Waals surface area contributed by atoms with Crippen molar-refractivity contribution in [2.45, 2.75) is 111 Å². The smallest absolute Gasteiger partial charge is 0.124 e. The predicted octanol–water partition coefficient (Wildman–Crippen LogP) is 3.55. The summed E-state index contributed by atoms with van der Waals surface area (Å²) >= 11 is 0. The van der Waals surface area contributed by atoms with Crippen LogP contribution < -0.4 is 14.7 Å². The summed E-state index contributed by atoms with van der Waals surface area (Å²) in [5.74, 6) is 3.02. The largest absolute Gasteiger partial charge is 0.391 e. The number of rotatable bonds is 3. The van der Waals surface area contributed by atoms with Gasteiger partial charge >= 0.3 is 0 Å². The number of aromatic nitrogens is 6. The van der Waals surface area contributed by atoms with E-state index in [1.807, 2.05) is 18.2 Å². The molecule has 12 nitrogen and oxygen atoms in total. The molecule has 6 heterocycles. The Balaban J connectivity index is 0.000000210. The summed E-state index contributed by atoms with van der Waals surface area (Å²) < 4.78 is 0. The number of piperidine rings is 3. The van der Waals surface area contributed by atoms with Crippen molar-refractivity contribution in [1.82, 2.24) is 30.6 Å². The van der Waals surface area contributed by atoms with Crippen molar-refractivity contribution >= 4 is 17.5 Å². The molecule has 0 aliphatic carbocycles. The first-order chi connectivity index (χ1) is 18.8. The van der Waals surface area contributed by atoms with Gasteiger partial charge in [-0.15, -0.1) is 0 Å². The van der Waals surface area contributed by atoms with Gasteiger partial charge in [-0.25, -0.2) is 0 Å². The number of nitrogens with one attached hydrogen (secondary N) is 3. The van der Waals surface area contributed by atoms with Crippen LogP contribution in [0.3, 0.4) is 0 Å². The summed E-state index contributed by atoms with van der Waals surface area (Å²) in [7, 11) is 0. The topological polar surface area (TPSA) is 156 Å². The Morgan fingerprint density at radius 3 is 1.02 bits per heavy atom. The number of H-pyrrole nitrogens is 3. The molecule has 0 saturated carbocycles. The number of hydrogen-bond donors (Lipinski definition) is 6. The second-order valence-corrected chi connectivity index (χ2v) is 11.0. The fourth-order valence-electron chi connectivity index (χ4n) is 5.50. The summed E-state index contributed by atoms with van der Waals surface area (Å²) in [6.45, 7) is 8.65. The molecule has 3 aliphatic heterocycles. The first-order valence-electron chi connectivity index (χ1n) is 14.1. The highest BCUT2D eigenvalue weighted by molar-refractivity contribution is 5.40. The molecule has 3 aliphatic rings. The quantitative estimate of drug-likeness (QED) is 0.275. The van der Waals surface area contributed by atoms with E-state index in [9.17, 15) is 15.3 Å². The van der Waals surface area contributed by atoms with E-state index in [1.54, 1.807) is 18.6 Å². The molecule has 6 N–H and O–H groups in total. The van der Waals surface area contributed by atoms with Gasteiger partial charge in [0.25, 0.3) is 0 Å². The van der Waals surface area contributed by atoms with Crippen molar-refractivity contribution in [2.24, 2.45) is 0 Å². The SMILES string of the molecule is C.C.CC1CCC(O)CN1c1ccn[nH]1.C[C@H]1CC[C@@H](O)CN1c1ccn[nH]1.C[C@H]1CC[C@H](O)CN1c1ccn[nH]1. The van der Waals surface area contributed by atoms with E-state index in [4.69, 9.17) is 0 Å². The average molecular weight is 576 g/mol. The molecule has 3 fully saturated rings. The Morgan fingerprint density at radius 2 is 0.805 bits per heavy atom. The summed E-state index contributed by atoms with van der Waals surface area (Å²) in [6, 6.07) is 7.29. The second-order valence-electron chi connectivity index (χ2n) is 11.0. The highest BCUT2D eigenvalue weighted by Gasteiger charge is 2.26. The summed E-state index contributed by atoms with van der Waals surface area (Å²) in [5, 5.41) is 49.1. The summed E-state index contributed by atoms with van der Waals surface area (Å²) in [4.78, 5) is 6.50. The van der Waals surface area contributed by atoms with E-state index in [2.05, 4.69) is 66.1 Å². The van der Waals surface area contributed by atoms with Crippen LogP contribution in [0.4, 0.5) is 17.5 Å². The molecule has 3 aromatic heterocycles. The molecule has 0 radical (unpaired) electrons. The Labute approximate surface area is 245 Å². The normalized spacial score (nSPS) is 27.8. The van der Waals surface area contributed by atoms with Crippen LogP contribution in [0.25, 0.3) is 0 Å². The maximum atomic E-state index is 9.52. The van der Waals surface area contributed by atoms with E-state index < -0.39 is 0 Å². The van der Waals surface area contributed by atoms with E-state index in [0.29, 0.717) is 37.8 Å². The zero-order chi connectivity index (χ0) is 27.8. The van der Waals surface area contributed by atoms with Crippen molar-refractivity contribution in [3.63, 3.8) is 0 Å². The zero-order valence-electron chi connectivity index (χ0n) is 23.3. The minimum absolute atomic E-state index is 0. The van der Waals surface area contributed by atoms with Crippen LogP contribution in [-0.4, -0.2) is 102 Å². The number of β-amino-alcohol motifs (C(OH)–C–C–N with tert-alkyl or cyclic N) is 3. The van der Waals surface area contributed by atoms with Gasteiger partial charge in [-0.2, -0.15) is 15.3 Å². The highest BCUT2D eigenvalue weighted by atomic mass is 16.3. The Kier molecular flexibility index (Phi) is 13.6. The minimum atomic E-state index is -0.195. The number of hydrogen-bond acceptors (Lipinski definition) is 9. The molecule has 12 heteroatoms. The monoisotopic (exact) mass is 575 g/mol. The van der Waals surface area contributed by atoms with Gasteiger partial charge in [0.15, 0.2) is 0 Å². The van der Waals surface area contributed by atoms with Crippen molar-refractivity contribution in [1.29, 1.82) is 0 Å². The molecule has 0 spiro atoms. The van der Waals surface area contributed by atoms with Gasteiger partial charge in [-0.3, -0.25) is 15.3 Å². The lowest BCUT2D eigenvalue weighted by molar-refractivity contribution is 0.143. The Bertz CT molecular complexity index is 914. The molecule has 6 rings (SSSR count). The summed E-state index contributed by atoms with van der Waals surface area (Å²) in [5.41, 5.74) is 0. The third-order valence-corrected chi connectivity index (χ3v) is 7.96. The molecule has 2 unspecified atom stereocenters. The van der Waals surface area contributed by atoms with Gasteiger partial charge in [0.2, 0.25) is 0 Å². The fourth-order valence-corrected chi connectivity index (χ4v) is 5.50. The lowest BCUT2D eigenvalue weighted by Gasteiger charge is -2.36. The maximum Gasteiger partial charge on any atom is 0.124 e. The fraction of sp³-hybridized carbons (Fsp3) is 0.690. The van der Waals surface area contributed by atoms with Crippen LogP contribution in [-0.2, 0) is 0 Å². The number of anilines is 3. The van der Waals surface area contributed by atoms with Crippen LogP contribution in [0.5, 0.6) is 0 Å². The number of aromatic amines is 3. The Hall–Kier alpha value is -3.09. The first kappa shape index (κ1) is 34.1. The standard InChI is InChI=1S/3C9H15N3O.2CH4/c3*1-7-2-3-8(13)6-12(7)9-4-5-10-11-9;;/h3*4-5,7-8,13H,2-3,6H2,1H3,(H,10,11);2*1H4/t7-,8+;7-,8-;;;/m00.../s1. The van der Waals surface area contributed by atoms with Gasteiger partial charge in [0, 0.05) is 56.0 Å². The number of nitrogens with zero attached hydrogens (tertiary/aromatic N) is 6. The average Bonchev–Trinajstić information content (AvgIpc) is 3.73. The zero-order valence-corrected chi connectivity index (χ0v) is 23.3. The van der Waals surface area contributed by atoms with Crippen molar-refractivity contribution < 1.29 is 15.3 Å². The van der Waals surface area contributed by atoms with Gasteiger partial charge in [0.1, 0.15) is 17.5 Å². The molecule has 0 amide bonds. The van der Waals surface area contributed by atoms with Crippen molar-refractivity contribution in [3.05, 3.63) is 36.8 Å². The molecule has 232 valence electrons. The highest BCUT2D eigenvalue weighted by Crippen LogP contribution is 2.24. The summed E-state index contributed by atoms with van der Waals surface area (Å²) in [6.07, 6.45) is 10.5. The van der Waals surface area contributed by atoms with Gasteiger partial charge in [-0.05, 0) is 59.3 Å². The molecule has 3 saturated heterocycles. The van der Waals surface area contributed by atoms with Crippen LogP contribution in [0, 0.1) is 0 Å². The second kappa shape index (κ2) is 16.4. The Morgan fingerprint density at radius 1 is 0.537 bits per heavy atom. The van der Waals surface area contributed by atoms with Crippen LogP contribution in [0.1, 0.15) is 74.1 Å². The van der Waals surface area contributed by atoms with E-state index >= 15 is 0 Å². The van der Waals surface area contributed by atoms with Gasteiger partial charge in [0.05, 0.1) is 36.9 Å². The maximum absolute atomic E-state index is 9.52. The van der Waals surface area contributed by atoms with Crippen molar-refractivity contribution in [3.8, 4) is 0 Å².